The van der Waals surface area contributed by atoms with Crippen LogP contribution in [-0.4, -0.2) is 32.3 Å². The largest absolute Gasteiger partial charge is 0.491 e. The van der Waals surface area contributed by atoms with E-state index in [4.69, 9.17) is 14.2 Å². The number of amides is 1. The Balaban J connectivity index is 1.61. The Kier molecular flexibility index (Phi) is 5.60. The number of aryl methyl sites for hydroxylation is 3. The molecule has 0 bridgehead atoms. The van der Waals surface area contributed by atoms with Crippen molar-refractivity contribution in [3.05, 3.63) is 58.1 Å². The van der Waals surface area contributed by atoms with Crippen molar-refractivity contribution >= 4 is 11.6 Å². The summed E-state index contributed by atoms with van der Waals surface area (Å²) < 4.78 is 18.2. The average molecular weight is 410 g/mol. The molecule has 2 aromatic rings. The highest BCUT2D eigenvalue weighted by Gasteiger charge is 2.56. The molecule has 2 aliphatic heterocycles. The fourth-order valence-electron chi connectivity index (χ4n) is 4.45. The van der Waals surface area contributed by atoms with Gasteiger partial charge in [-0.05, 0) is 61.4 Å². The first kappa shape index (κ1) is 20.9. The molecule has 0 aliphatic carbocycles. The minimum atomic E-state index is -1.31. The van der Waals surface area contributed by atoms with Gasteiger partial charge in [-0.2, -0.15) is 0 Å². The molecule has 0 radical (unpaired) electrons. The monoisotopic (exact) mass is 409 g/mol. The Morgan fingerprint density at radius 3 is 2.47 bits per heavy atom. The van der Waals surface area contributed by atoms with Gasteiger partial charge < -0.3 is 19.1 Å². The standard InChI is InChI=1S/C25H31NO4/c1-16(2)20-10-7-17(3)15-21(20)28-14-11-26-23-19(5)9-8-18(4)22(23)25(24(26)27)29-12-6-13-30-25/h7-10,15-16H,6,11-14H2,1-5H3. The molecule has 2 aromatic carbocycles. The number of benzene rings is 2. The molecule has 1 spiro atoms. The second-order valence-corrected chi connectivity index (χ2v) is 8.59. The number of carbonyl (C=O) groups is 1. The number of hydrogen-bond donors (Lipinski definition) is 0. The maximum atomic E-state index is 13.5. The fourth-order valence-corrected chi connectivity index (χ4v) is 4.45. The van der Waals surface area contributed by atoms with Crippen molar-refractivity contribution in [3.8, 4) is 5.75 Å². The predicted molar refractivity (Wildman–Crippen MR) is 117 cm³/mol. The summed E-state index contributed by atoms with van der Waals surface area (Å²) >= 11 is 0. The van der Waals surface area contributed by atoms with Gasteiger partial charge in [-0.3, -0.25) is 4.79 Å². The summed E-state index contributed by atoms with van der Waals surface area (Å²) in [5.74, 6) is -0.202. The molecular formula is C25H31NO4. The van der Waals surface area contributed by atoms with Gasteiger partial charge in [0.25, 0.3) is 11.7 Å². The van der Waals surface area contributed by atoms with E-state index in [1.807, 2.05) is 19.9 Å². The Hall–Kier alpha value is -2.37. The molecular weight excluding hydrogens is 378 g/mol. The van der Waals surface area contributed by atoms with Crippen molar-refractivity contribution in [2.45, 2.75) is 52.7 Å². The van der Waals surface area contributed by atoms with Crippen LogP contribution in [0, 0.1) is 20.8 Å². The van der Waals surface area contributed by atoms with Crippen molar-refractivity contribution in [2.24, 2.45) is 0 Å². The van der Waals surface area contributed by atoms with Crippen LogP contribution < -0.4 is 9.64 Å². The quantitative estimate of drug-likeness (QED) is 0.715. The smallest absolute Gasteiger partial charge is 0.292 e. The van der Waals surface area contributed by atoms with Gasteiger partial charge in [0.15, 0.2) is 0 Å². The molecule has 0 saturated carbocycles. The lowest BCUT2D eigenvalue weighted by Gasteiger charge is -2.33. The lowest BCUT2D eigenvalue weighted by atomic mass is 9.97. The highest BCUT2D eigenvalue weighted by atomic mass is 16.7. The fraction of sp³-hybridized carbons (Fsp3) is 0.480. The molecule has 1 amide bonds. The van der Waals surface area contributed by atoms with E-state index in [9.17, 15) is 4.79 Å². The first-order chi connectivity index (χ1) is 14.3. The lowest BCUT2D eigenvalue weighted by molar-refractivity contribution is -0.257. The van der Waals surface area contributed by atoms with Crippen LogP contribution >= 0.6 is 0 Å². The van der Waals surface area contributed by atoms with Gasteiger partial charge in [-0.1, -0.05) is 38.1 Å². The Labute approximate surface area is 178 Å². The van der Waals surface area contributed by atoms with Crippen LogP contribution in [0.3, 0.4) is 0 Å². The van der Waals surface area contributed by atoms with Crippen LogP contribution in [0.15, 0.2) is 30.3 Å². The first-order valence-electron chi connectivity index (χ1n) is 10.8. The van der Waals surface area contributed by atoms with Crippen molar-refractivity contribution in [1.82, 2.24) is 0 Å². The van der Waals surface area contributed by atoms with Crippen LogP contribution in [0.4, 0.5) is 5.69 Å². The van der Waals surface area contributed by atoms with Gasteiger partial charge in [0.05, 0.1) is 25.4 Å². The summed E-state index contributed by atoms with van der Waals surface area (Å²) in [5, 5.41) is 0. The summed E-state index contributed by atoms with van der Waals surface area (Å²) in [5.41, 5.74) is 6.14. The van der Waals surface area contributed by atoms with Crippen molar-refractivity contribution in [2.75, 3.05) is 31.3 Å². The second kappa shape index (κ2) is 8.05. The molecule has 5 heteroatoms. The van der Waals surface area contributed by atoms with E-state index in [2.05, 4.69) is 45.0 Å². The predicted octanol–water partition coefficient (Wildman–Crippen LogP) is 4.75. The zero-order chi connectivity index (χ0) is 21.5. The number of carbonyl (C=O) groups excluding carboxylic acids is 1. The number of hydrogen-bond acceptors (Lipinski definition) is 4. The molecule has 160 valence electrons. The van der Waals surface area contributed by atoms with E-state index in [0.29, 0.717) is 32.3 Å². The topological polar surface area (TPSA) is 48.0 Å². The third-order valence-corrected chi connectivity index (χ3v) is 5.98. The summed E-state index contributed by atoms with van der Waals surface area (Å²) in [4.78, 5) is 15.3. The normalized spacial score (nSPS) is 17.7. The molecule has 2 aliphatic rings. The molecule has 0 aromatic heterocycles. The molecule has 1 fully saturated rings. The van der Waals surface area contributed by atoms with E-state index >= 15 is 0 Å². The Morgan fingerprint density at radius 1 is 1.07 bits per heavy atom. The molecule has 30 heavy (non-hydrogen) atoms. The van der Waals surface area contributed by atoms with Crippen molar-refractivity contribution < 1.29 is 19.0 Å². The van der Waals surface area contributed by atoms with E-state index in [-0.39, 0.29) is 5.91 Å². The van der Waals surface area contributed by atoms with Gasteiger partial charge in [-0.25, -0.2) is 0 Å². The molecule has 1 saturated heterocycles. The number of rotatable bonds is 5. The van der Waals surface area contributed by atoms with Crippen LogP contribution in [0.1, 0.15) is 54.0 Å². The number of nitrogens with zero attached hydrogens (tertiary/aromatic N) is 1. The molecule has 0 N–H and O–H groups in total. The zero-order valence-electron chi connectivity index (χ0n) is 18.6. The first-order valence-corrected chi connectivity index (χ1v) is 10.8. The number of anilines is 1. The Morgan fingerprint density at radius 2 is 1.77 bits per heavy atom. The molecule has 0 atom stereocenters. The van der Waals surface area contributed by atoms with Crippen LogP contribution in [0.25, 0.3) is 0 Å². The summed E-state index contributed by atoms with van der Waals surface area (Å²) in [7, 11) is 0. The van der Waals surface area contributed by atoms with Crippen molar-refractivity contribution in [1.29, 1.82) is 0 Å². The van der Waals surface area contributed by atoms with Crippen LogP contribution in [-0.2, 0) is 20.1 Å². The zero-order valence-corrected chi connectivity index (χ0v) is 18.6. The van der Waals surface area contributed by atoms with E-state index in [1.54, 1.807) is 4.90 Å². The Bertz CT molecular complexity index is 960. The number of fused-ring (bicyclic) bond motifs is 2. The van der Waals surface area contributed by atoms with Gasteiger partial charge in [0.1, 0.15) is 12.4 Å². The maximum absolute atomic E-state index is 13.5. The van der Waals surface area contributed by atoms with Gasteiger partial charge in [0, 0.05) is 5.56 Å². The van der Waals surface area contributed by atoms with Gasteiger partial charge >= 0.3 is 0 Å². The summed E-state index contributed by atoms with van der Waals surface area (Å²) in [6.07, 6.45) is 0.795. The van der Waals surface area contributed by atoms with Gasteiger partial charge in [-0.15, -0.1) is 0 Å². The van der Waals surface area contributed by atoms with Crippen molar-refractivity contribution in [3.63, 3.8) is 0 Å². The lowest BCUT2D eigenvalue weighted by Crippen LogP contribution is -2.48. The molecule has 5 nitrogen and oxygen atoms in total. The van der Waals surface area contributed by atoms with Gasteiger partial charge in [0.2, 0.25) is 0 Å². The van der Waals surface area contributed by atoms with E-state index in [1.165, 1.54) is 5.56 Å². The third-order valence-electron chi connectivity index (χ3n) is 5.98. The molecule has 2 heterocycles. The highest BCUT2D eigenvalue weighted by Crippen LogP contribution is 2.48. The average Bonchev–Trinajstić information content (AvgIpc) is 2.95. The van der Waals surface area contributed by atoms with E-state index < -0.39 is 5.79 Å². The maximum Gasteiger partial charge on any atom is 0.292 e. The highest BCUT2D eigenvalue weighted by molar-refractivity contribution is 6.07. The summed E-state index contributed by atoms with van der Waals surface area (Å²) in [6.45, 7) is 12.3. The SMILES string of the molecule is Cc1ccc(C(C)C)c(OCCN2C(=O)C3(OCCCO3)c3c(C)ccc(C)c32)c1. The molecule has 4 rings (SSSR count). The number of ether oxygens (including phenoxy) is 3. The van der Waals surface area contributed by atoms with Crippen LogP contribution in [0.2, 0.25) is 0 Å². The third kappa shape index (κ3) is 3.40. The second-order valence-electron chi connectivity index (χ2n) is 8.59. The summed E-state index contributed by atoms with van der Waals surface area (Å²) in [6, 6.07) is 10.4. The molecule has 0 unspecified atom stereocenters. The van der Waals surface area contributed by atoms with Crippen LogP contribution in [0.5, 0.6) is 5.75 Å². The minimum absolute atomic E-state index is 0.147. The van der Waals surface area contributed by atoms with E-state index in [0.717, 1.165) is 40.1 Å². The minimum Gasteiger partial charge on any atom is -0.491 e.